The third-order valence-electron chi connectivity index (χ3n) is 7.00. The van der Waals surface area contributed by atoms with Gasteiger partial charge in [0.1, 0.15) is 23.9 Å². The van der Waals surface area contributed by atoms with Crippen LogP contribution >= 0.6 is 0 Å². The van der Waals surface area contributed by atoms with Crippen molar-refractivity contribution < 1.29 is 18.3 Å². The second-order valence-electron chi connectivity index (χ2n) is 10.1. The van der Waals surface area contributed by atoms with Gasteiger partial charge in [0.15, 0.2) is 11.4 Å². The predicted octanol–water partition coefficient (Wildman–Crippen LogP) is 1.16. The molecule has 0 saturated carbocycles. The van der Waals surface area contributed by atoms with Crippen molar-refractivity contribution in [2.24, 2.45) is 5.73 Å². The zero-order valence-electron chi connectivity index (χ0n) is 23.2. The molecule has 1 saturated heterocycles. The molecule has 4 aromatic rings. The zero-order valence-corrected chi connectivity index (χ0v) is 23.2. The van der Waals surface area contributed by atoms with Gasteiger partial charge in [-0.05, 0) is 31.3 Å². The van der Waals surface area contributed by atoms with Crippen LogP contribution in [0.4, 0.5) is 22.0 Å². The van der Waals surface area contributed by atoms with E-state index < -0.39 is 5.91 Å². The lowest BCUT2D eigenvalue weighted by molar-refractivity contribution is -0.118. The highest BCUT2D eigenvalue weighted by atomic mass is 19.1. The Hall–Kier alpha value is -4.43. The fourth-order valence-corrected chi connectivity index (χ4v) is 4.71. The molecule has 41 heavy (non-hydrogen) atoms. The molecule has 14 heteroatoms. The maximum absolute atomic E-state index is 14.9. The van der Waals surface area contributed by atoms with E-state index in [1.165, 1.54) is 10.6 Å². The average molecular weight is 567 g/mol. The molecule has 0 spiro atoms. The Kier molecular flexibility index (Phi) is 8.50. The lowest BCUT2D eigenvalue weighted by Gasteiger charge is -2.36. The number of aromatic nitrogens is 4. The second kappa shape index (κ2) is 12.4. The van der Waals surface area contributed by atoms with Gasteiger partial charge in [0.2, 0.25) is 17.8 Å². The molecule has 0 bridgehead atoms. The number of furan rings is 1. The van der Waals surface area contributed by atoms with E-state index in [4.69, 9.17) is 20.6 Å². The number of fused-ring (bicyclic) bond motifs is 1. The van der Waals surface area contributed by atoms with Crippen LogP contribution in [-0.2, 0) is 4.79 Å². The van der Waals surface area contributed by atoms with E-state index in [-0.39, 0.29) is 18.3 Å². The first-order chi connectivity index (χ1) is 19.8. The highest BCUT2D eigenvalue weighted by Crippen LogP contribution is 2.26. The summed E-state index contributed by atoms with van der Waals surface area (Å²) < 4.78 is 27.5. The standard InChI is InChI=1S/C27H35FN10O3/c1-34(18-24(29)39)13-15-40-19-5-6-22(20(28)16-19)37-11-9-36(10-12-37)8-7-35(2)27-31-25-17-21(23-4-3-14-41-23)33-38(25)26(30)32-27/h3-6,14,16-17H,7-13,15,18H2,1-2H3,(H2,29,39)(H2,30,31,32). The van der Waals surface area contributed by atoms with Gasteiger partial charge >= 0.3 is 0 Å². The summed E-state index contributed by atoms with van der Waals surface area (Å²) in [5.74, 6) is 1.13. The van der Waals surface area contributed by atoms with E-state index in [0.717, 1.165) is 19.6 Å². The summed E-state index contributed by atoms with van der Waals surface area (Å²) in [6.07, 6.45) is 1.59. The number of nitrogens with zero attached hydrogens (tertiary/aromatic N) is 8. The summed E-state index contributed by atoms with van der Waals surface area (Å²) in [6.45, 7) is 5.50. The van der Waals surface area contributed by atoms with Crippen molar-refractivity contribution in [1.29, 1.82) is 0 Å². The van der Waals surface area contributed by atoms with Gasteiger partial charge in [-0.3, -0.25) is 14.6 Å². The molecule has 1 aliphatic rings. The van der Waals surface area contributed by atoms with Crippen LogP contribution in [0.25, 0.3) is 17.1 Å². The van der Waals surface area contributed by atoms with Gasteiger partial charge in [-0.1, -0.05) is 0 Å². The molecular weight excluding hydrogens is 531 g/mol. The summed E-state index contributed by atoms with van der Waals surface area (Å²) in [4.78, 5) is 28.1. The van der Waals surface area contributed by atoms with Crippen molar-refractivity contribution in [3.8, 4) is 17.2 Å². The number of anilines is 3. The van der Waals surface area contributed by atoms with Crippen molar-refractivity contribution >= 4 is 29.1 Å². The number of halogens is 1. The number of amides is 1. The van der Waals surface area contributed by atoms with E-state index in [2.05, 4.69) is 20.0 Å². The minimum absolute atomic E-state index is 0.149. The SMILES string of the molecule is CN(CCOc1ccc(N2CCN(CCN(C)c3nc(N)n4nc(-c5ccco5)cc4n3)CC2)c(F)c1)CC(N)=O. The van der Waals surface area contributed by atoms with Crippen LogP contribution in [0.5, 0.6) is 5.75 Å². The molecule has 0 aliphatic carbocycles. The number of primary amides is 1. The van der Waals surface area contributed by atoms with E-state index in [9.17, 15) is 9.18 Å². The first-order valence-electron chi connectivity index (χ1n) is 13.4. The summed E-state index contributed by atoms with van der Waals surface area (Å²) in [5, 5.41) is 4.44. The normalized spacial score (nSPS) is 14.2. The van der Waals surface area contributed by atoms with Gasteiger partial charge in [-0.2, -0.15) is 19.6 Å². The summed E-state index contributed by atoms with van der Waals surface area (Å²) >= 11 is 0. The van der Waals surface area contributed by atoms with Crippen molar-refractivity contribution in [2.75, 3.05) is 88.6 Å². The molecule has 1 aromatic carbocycles. The van der Waals surface area contributed by atoms with Crippen LogP contribution in [0.3, 0.4) is 0 Å². The molecule has 1 aliphatic heterocycles. The third-order valence-corrected chi connectivity index (χ3v) is 7.00. The van der Waals surface area contributed by atoms with Gasteiger partial charge in [0, 0.05) is 65.0 Å². The number of rotatable bonds is 12. The van der Waals surface area contributed by atoms with E-state index in [0.29, 0.717) is 67.3 Å². The van der Waals surface area contributed by atoms with Crippen molar-refractivity contribution in [2.45, 2.75) is 0 Å². The number of hydrogen-bond acceptors (Lipinski definition) is 11. The molecule has 0 atom stereocenters. The lowest BCUT2D eigenvalue weighted by Crippen LogP contribution is -2.48. The number of likely N-dealkylation sites (N-methyl/N-ethyl adjacent to an activating group) is 2. The Bertz CT molecular complexity index is 1470. The fraction of sp³-hybridized carbons (Fsp3) is 0.407. The molecule has 1 amide bonds. The quantitative estimate of drug-likeness (QED) is 0.255. The lowest BCUT2D eigenvalue weighted by atomic mass is 10.2. The number of hydrogen-bond donors (Lipinski definition) is 2. The summed E-state index contributed by atoms with van der Waals surface area (Å²) in [7, 11) is 3.71. The van der Waals surface area contributed by atoms with Crippen LogP contribution in [-0.4, -0.2) is 108 Å². The number of carbonyl (C=O) groups excluding carboxylic acids is 1. The summed E-state index contributed by atoms with van der Waals surface area (Å²) in [5.41, 5.74) is 13.1. The zero-order chi connectivity index (χ0) is 28.9. The maximum atomic E-state index is 14.9. The van der Waals surface area contributed by atoms with E-state index in [1.807, 2.05) is 29.0 Å². The number of benzene rings is 1. The number of nitrogens with two attached hydrogens (primary N) is 2. The maximum Gasteiger partial charge on any atom is 0.231 e. The van der Waals surface area contributed by atoms with Crippen LogP contribution in [0, 0.1) is 5.82 Å². The Morgan fingerprint density at radius 2 is 1.93 bits per heavy atom. The molecule has 5 rings (SSSR count). The highest BCUT2D eigenvalue weighted by molar-refractivity contribution is 5.75. The van der Waals surface area contributed by atoms with Gasteiger partial charge < -0.3 is 30.4 Å². The molecule has 0 radical (unpaired) electrons. The molecule has 3 aromatic heterocycles. The second-order valence-corrected chi connectivity index (χ2v) is 10.1. The Morgan fingerprint density at radius 1 is 1.12 bits per heavy atom. The predicted molar refractivity (Wildman–Crippen MR) is 153 cm³/mol. The third kappa shape index (κ3) is 6.84. The monoisotopic (exact) mass is 566 g/mol. The first kappa shape index (κ1) is 28.1. The molecular formula is C27H35FN10O3. The van der Waals surface area contributed by atoms with Crippen molar-refractivity contribution in [1.82, 2.24) is 29.4 Å². The molecule has 13 nitrogen and oxygen atoms in total. The van der Waals surface area contributed by atoms with Gasteiger partial charge in [0.25, 0.3) is 0 Å². The Labute approximate surface area is 237 Å². The smallest absolute Gasteiger partial charge is 0.231 e. The van der Waals surface area contributed by atoms with Gasteiger partial charge in [0.05, 0.1) is 18.5 Å². The topological polar surface area (TPSA) is 148 Å². The molecule has 218 valence electrons. The molecule has 4 heterocycles. The Balaban J connectivity index is 1.10. The van der Waals surface area contributed by atoms with Gasteiger partial charge in [-0.15, -0.1) is 0 Å². The Morgan fingerprint density at radius 3 is 2.63 bits per heavy atom. The first-order valence-corrected chi connectivity index (χ1v) is 13.4. The fourth-order valence-electron chi connectivity index (χ4n) is 4.71. The number of ether oxygens (including phenoxy) is 1. The van der Waals surface area contributed by atoms with Crippen LogP contribution in [0.15, 0.2) is 47.1 Å². The van der Waals surface area contributed by atoms with E-state index in [1.54, 1.807) is 36.4 Å². The molecule has 0 unspecified atom stereocenters. The van der Waals surface area contributed by atoms with Crippen LogP contribution in [0.1, 0.15) is 0 Å². The molecule has 4 N–H and O–H groups in total. The summed E-state index contributed by atoms with van der Waals surface area (Å²) in [6, 6.07) is 10.4. The number of piperazine rings is 1. The number of nitrogen functional groups attached to an aromatic ring is 1. The van der Waals surface area contributed by atoms with Crippen molar-refractivity contribution in [3.63, 3.8) is 0 Å². The van der Waals surface area contributed by atoms with Crippen LogP contribution in [0.2, 0.25) is 0 Å². The van der Waals surface area contributed by atoms with E-state index >= 15 is 0 Å². The average Bonchev–Trinajstić information content (AvgIpc) is 3.62. The van der Waals surface area contributed by atoms with Crippen LogP contribution < -0.4 is 26.0 Å². The number of carbonyl (C=O) groups is 1. The minimum atomic E-state index is -0.401. The molecule has 1 fully saturated rings. The highest BCUT2D eigenvalue weighted by Gasteiger charge is 2.21. The van der Waals surface area contributed by atoms with Gasteiger partial charge in [-0.25, -0.2) is 4.39 Å². The van der Waals surface area contributed by atoms with Crippen molar-refractivity contribution in [3.05, 3.63) is 48.5 Å². The largest absolute Gasteiger partial charge is 0.492 e. The minimum Gasteiger partial charge on any atom is -0.492 e.